The van der Waals surface area contributed by atoms with Crippen LogP contribution in [0.15, 0.2) is 0 Å². The molecule has 2 unspecified atom stereocenters. The molecule has 3 heteroatoms. The van der Waals surface area contributed by atoms with Gasteiger partial charge in [0.1, 0.15) is 12.6 Å². The van der Waals surface area contributed by atoms with Crippen molar-refractivity contribution in [2.45, 2.75) is 24.7 Å². The molecule has 0 heterocycles. The molecule has 0 aliphatic carbocycles. The van der Waals surface area contributed by atoms with Crippen LogP contribution in [0.4, 0.5) is 0 Å². The third-order valence-corrected chi connectivity index (χ3v) is 1.58. The molecule has 2 nitrogen and oxygen atoms in total. The Kier molecular flexibility index (Phi) is 4.44. The summed E-state index contributed by atoms with van der Waals surface area (Å²) in [6, 6.07) is 0. The first-order valence-corrected chi connectivity index (χ1v) is 4.49. The minimum Gasteiger partial charge on any atom is -0.387 e. The Labute approximate surface area is 75.2 Å². The van der Waals surface area contributed by atoms with E-state index in [-0.39, 0.29) is 11.4 Å². The second-order valence-electron chi connectivity index (χ2n) is 4.21. The molecule has 0 aromatic carbocycles. The zero-order valence-corrected chi connectivity index (χ0v) is 8.80. The number of hydrogen-bond acceptors (Lipinski definition) is 2. The van der Waals surface area contributed by atoms with E-state index in [1.165, 1.54) is 0 Å². The molecule has 11 heavy (non-hydrogen) atoms. The van der Waals surface area contributed by atoms with Gasteiger partial charge in [-0.3, -0.25) is 0 Å². The molecule has 0 aliphatic heterocycles. The standard InChI is InChI=1S/C8H19NOS/c1-7(11)5-8(10)6-9(2,3)4/h7-8,10H,5-6H2,1-4H3/p+1. The van der Waals surface area contributed by atoms with Gasteiger partial charge in [0, 0.05) is 5.25 Å². The van der Waals surface area contributed by atoms with Crippen molar-refractivity contribution in [3.05, 3.63) is 0 Å². The highest BCUT2D eigenvalue weighted by Crippen LogP contribution is 2.06. The third-order valence-electron chi connectivity index (χ3n) is 1.37. The summed E-state index contributed by atoms with van der Waals surface area (Å²) in [5.74, 6) is 0. The summed E-state index contributed by atoms with van der Waals surface area (Å²) >= 11 is 4.22. The first-order chi connectivity index (χ1) is 4.81. The summed E-state index contributed by atoms with van der Waals surface area (Å²) in [5, 5.41) is 9.78. The number of rotatable bonds is 4. The van der Waals surface area contributed by atoms with Gasteiger partial charge in [0.2, 0.25) is 0 Å². The normalized spacial score (nSPS) is 18.0. The summed E-state index contributed by atoms with van der Waals surface area (Å²) in [6.07, 6.45) is 0.557. The second kappa shape index (κ2) is 4.33. The molecule has 0 aromatic heterocycles. The summed E-state index contributed by atoms with van der Waals surface area (Å²) in [7, 11) is 6.23. The fourth-order valence-electron chi connectivity index (χ4n) is 1.10. The zero-order valence-electron chi connectivity index (χ0n) is 7.91. The molecule has 0 aliphatic rings. The molecule has 0 radical (unpaired) electrons. The van der Waals surface area contributed by atoms with Gasteiger partial charge in [-0.15, -0.1) is 0 Å². The molecule has 0 amide bonds. The summed E-state index contributed by atoms with van der Waals surface area (Å²) in [5.41, 5.74) is 0. The van der Waals surface area contributed by atoms with Crippen LogP contribution in [-0.2, 0) is 0 Å². The number of hydrogen-bond donors (Lipinski definition) is 2. The molecular formula is C8H20NOS+. The van der Waals surface area contributed by atoms with Gasteiger partial charge in [-0.2, -0.15) is 12.6 Å². The molecule has 0 saturated heterocycles. The van der Waals surface area contributed by atoms with E-state index >= 15 is 0 Å². The van der Waals surface area contributed by atoms with Crippen molar-refractivity contribution in [2.24, 2.45) is 0 Å². The maximum Gasteiger partial charge on any atom is 0.104 e. The van der Waals surface area contributed by atoms with Crippen LogP contribution in [0.25, 0.3) is 0 Å². The van der Waals surface area contributed by atoms with Crippen LogP contribution >= 0.6 is 12.6 Å². The number of thiol groups is 1. The predicted molar refractivity (Wildman–Crippen MR) is 52.0 cm³/mol. The van der Waals surface area contributed by atoms with Crippen LogP contribution in [0.2, 0.25) is 0 Å². The molecule has 0 fully saturated rings. The first-order valence-electron chi connectivity index (χ1n) is 3.98. The Hall–Kier alpha value is 0.270. The average Bonchev–Trinajstić information content (AvgIpc) is 1.53. The SMILES string of the molecule is CC(S)CC(O)C[N+](C)(C)C. The lowest BCUT2D eigenvalue weighted by atomic mass is 10.2. The minimum absolute atomic E-state index is 0.220. The van der Waals surface area contributed by atoms with Crippen LogP contribution < -0.4 is 0 Å². The molecular weight excluding hydrogens is 158 g/mol. The van der Waals surface area contributed by atoms with Crippen molar-refractivity contribution in [1.82, 2.24) is 0 Å². The number of aliphatic hydroxyl groups excluding tert-OH is 1. The fourth-order valence-corrected chi connectivity index (χ4v) is 1.34. The summed E-state index contributed by atoms with van der Waals surface area (Å²) < 4.78 is 0.807. The van der Waals surface area contributed by atoms with Gasteiger partial charge in [0.05, 0.1) is 21.1 Å². The largest absolute Gasteiger partial charge is 0.387 e. The van der Waals surface area contributed by atoms with Gasteiger partial charge in [-0.1, -0.05) is 6.92 Å². The quantitative estimate of drug-likeness (QED) is 0.481. The van der Waals surface area contributed by atoms with Crippen molar-refractivity contribution >= 4 is 12.6 Å². The predicted octanol–water partition coefficient (Wildman–Crippen LogP) is 0.762. The van der Waals surface area contributed by atoms with Gasteiger partial charge < -0.3 is 9.59 Å². The van der Waals surface area contributed by atoms with Crippen LogP contribution in [0.3, 0.4) is 0 Å². The van der Waals surface area contributed by atoms with Crippen molar-refractivity contribution in [1.29, 1.82) is 0 Å². The van der Waals surface area contributed by atoms with Crippen LogP contribution in [-0.4, -0.2) is 48.6 Å². The maximum atomic E-state index is 9.49. The van der Waals surface area contributed by atoms with Crippen LogP contribution in [0, 0.1) is 0 Å². The third kappa shape index (κ3) is 8.17. The van der Waals surface area contributed by atoms with Crippen LogP contribution in [0.5, 0.6) is 0 Å². The Morgan fingerprint density at radius 3 is 2.09 bits per heavy atom. The number of quaternary nitrogens is 1. The van der Waals surface area contributed by atoms with Crippen LogP contribution in [0.1, 0.15) is 13.3 Å². The highest BCUT2D eigenvalue weighted by Gasteiger charge is 2.16. The van der Waals surface area contributed by atoms with Gasteiger partial charge in [0.15, 0.2) is 0 Å². The molecule has 1 N–H and O–H groups in total. The van der Waals surface area contributed by atoms with Gasteiger partial charge in [-0.25, -0.2) is 0 Å². The van der Waals surface area contributed by atoms with E-state index in [0.717, 1.165) is 17.4 Å². The number of nitrogens with zero attached hydrogens (tertiary/aromatic N) is 1. The second-order valence-corrected chi connectivity index (χ2v) is 5.09. The molecule has 0 rings (SSSR count). The lowest BCUT2D eigenvalue weighted by molar-refractivity contribution is -0.873. The van der Waals surface area contributed by atoms with Crippen molar-refractivity contribution in [2.75, 3.05) is 27.7 Å². The Morgan fingerprint density at radius 2 is 1.82 bits per heavy atom. The lowest BCUT2D eigenvalue weighted by Gasteiger charge is -2.27. The van der Waals surface area contributed by atoms with Crippen molar-refractivity contribution in [3.8, 4) is 0 Å². The van der Waals surface area contributed by atoms with Gasteiger partial charge >= 0.3 is 0 Å². The monoisotopic (exact) mass is 178 g/mol. The average molecular weight is 178 g/mol. The Balaban J connectivity index is 3.61. The zero-order chi connectivity index (χ0) is 9.07. The topological polar surface area (TPSA) is 20.2 Å². The molecule has 0 spiro atoms. The first kappa shape index (κ1) is 11.3. The van der Waals surface area contributed by atoms with E-state index in [4.69, 9.17) is 0 Å². The Bertz CT molecular complexity index is 109. The van der Waals surface area contributed by atoms with Crippen molar-refractivity contribution in [3.63, 3.8) is 0 Å². The lowest BCUT2D eigenvalue weighted by Crippen LogP contribution is -2.41. The molecule has 2 atom stereocenters. The summed E-state index contributed by atoms with van der Waals surface area (Å²) in [6.45, 7) is 2.80. The van der Waals surface area contributed by atoms with E-state index < -0.39 is 0 Å². The van der Waals surface area contributed by atoms with E-state index in [0.29, 0.717) is 0 Å². The molecule has 0 aromatic rings. The minimum atomic E-state index is -0.220. The van der Waals surface area contributed by atoms with E-state index in [1.54, 1.807) is 0 Å². The van der Waals surface area contributed by atoms with E-state index in [1.807, 2.05) is 6.92 Å². The number of aliphatic hydroxyl groups is 1. The molecule has 0 bridgehead atoms. The van der Waals surface area contributed by atoms with Gasteiger partial charge in [-0.05, 0) is 6.42 Å². The fraction of sp³-hybridized carbons (Fsp3) is 1.00. The highest BCUT2D eigenvalue weighted by atomic mass is 32.1. The van der Waals surface area contributed by atoms with Gasteiger partial charge in [0.25, 0.3) is 0 Å². The smallest absolute Gasteiger partial charge is 0.104 e. The Morgan fingerprint density at radius 1 is 1.36 bits per heavy atom. The maximum absolute atomic E-state index is 9.49. The number of likely N-dealkylation sites (N-methyl/N-ethyl adjacent to an activating group) is 1. The van der Waals surface area contributed by atoms with E-state index in [9.17, 15) is 5.11 Å². The van der Waals surface area contributed by atoms with Crippen molar-refractivity contribution < 1.29 is 9.59 Å². The highest BCUT2D eigenvalue weighted by molar-refractivity contribution is 7.80. The molecule has 0 saturated carbocycles. The summed E-state index contributed by atoms with van der Waals surface area (Å²) in [4.78, 5) is 0. The molecule has 68 valence electrons. The van der Waals surface area contributed by atoms with E-state index in [2.05, 4.69) is 33.8 Å².